The number of fused-ring (bicyclic) bond motifs is 2. The van der Waals surface area contributed by atoms with Crippen LogP contribution < -0.4 is 5.73 Å². The van der Waals surface area contributed by atoms with Gasteiger partial charge in [-0.3, -0.25) is 4.40 Å². The smallest absolute Gasteiger partial charge is 0.193 e. The molecule has 0 radical (unpaired) electrons. The molecule has 0 unspecified atom stereocenters. The number of benzene rings is 1. The summed E-state index contributed by atoms with van der Waals surface area (Å²) in [5.74, 6) is 0. The Kier molecular flexibility index (Phi) is 3.02. The quantitative estimate of drug-likeness (QED) is 0.629. The van der Waals surface area contributed by atoms with Crippen molar-refractivity contribution >= 4 is 27.2 Å². The summed E-state index contributed by atoms with van der Waals surface area (Å²) in [5, 5.41) is 3.35. The molecule has 0 amide bonds. The van der Waals surface area contributed by atoms with E-state index < -0.39 is 0 Å². The lowest BCUT2D eigenvalue weighted by Gasteiger charge is -2.01. The zero-order valence-electron chi connectivity index (χ0n) is 11.6. The Morgan fingerprint density at radius 1 is 1.19 bits per heavy atom. The maximum Gasteiger partial charge on any atom is 0.193 e. The van der Waals surface area contributed by atoms with Crippen molar-refractivity contribution in [2.45, 2.75) is 13.0 Å². The molecule has 0 aliphatic heterocycles. The van der Waals surface area contributed by atoms with Crippen LogP contribution in [0, 0.1) is 0 Å². The monoisotopic (exact) mass is 296 g/mol. The molecule has 0 saturated carbocycles. The van der Waals surface area contributed by atoms with Crippen molar-refractivity contribution in [2.24, 2.45) is 5.73 Å². The van der Waals surface area contributed by atoms with Gasteiger partial charge in [0.15, 0.2) is 4.96 Å². The minimum Gasteiger partial charge on any atom is -0.341 e. The summed E-state index contributed by atoms with van der Waals surface area (Å²) in [6.45, 7) is 1.47. The van der Waals surface area contributed by atoms with Gasteiger partial charge in [0.2, 0.25) is 0 Å². The summed E-state index contributed by atoms with van der Waals surface area (Å²) in [6.07, 6.45) is 7.27. The third-order valence-electron chi connectivity index (χ3n) is 3.76. The molecule has 4 aromatic rings. The summed E-state index contributed by atoms with van der Waals surface area (Å²) in [7, 11) is 0. The van der Waals surface area contributed by atoms with Crippen LogP contribution in [-0.2, 0) is 13.0 Å². The number of thiazole rings is 1. The number of hydrogen-bond donors (Lipinski definition) is 1. The van der Waals surface area contributed by atoms with E-state index in [2.05, 4.69) is 56.0 Å². The molecular weight excluding hydrogens is 280 g/mol. The van der Waals surface area contributed by atoms with Crippen LogP contribution in [0.15, 0.2) is 48.2 Å². The molecule has 3 heterocycles. The molecule has 4 rings (SSSR count). The summed E-state index contributed by atoms with van der Waals surface area (Å²) in [5.41, 5.74) is 9.37. The van der Waals surface area contributed by atoms with E-state index in [1.165, 1.54) is 16.5 Å². The van der Waals surface area contributed by atoms with E-state index in [0.717, 1.165) is 23.6 Å². The van der Waals surface area contributed by atoms with Crippen LogP contribution in [-0.4, -0.2) is 20.5 Å². The minimum absolute atomic E-state index is 0.675. The fourth-order valence-electron chi connectivity index (χ4n) is 2.84. The van der Waals surface area contributed by atoms with Gasteiger partial charge >= 0.3 is 0 Å². The van der Waals surface area contributed by atoms with E-state index in [1.54, 1.807) is 11.3 Å². The zero-order valence-corrected chi connectivity index (χ0v) is 12.4. The van der Waals surface area contributed by atoms with Crippen LogP contribution in [0.2, 0.25) is 0 Å². The molecule has 0 bridgehead atoms. The van der Waals surface area contributed by atoms with Gasteiger partial charge in [0, 0.05) is 34.9 Å². The Labute approximate surface area is 126 Å². The minimum atomic E-state index is 0.675. The van der Waals surface area contributed by atoms with E-state index in [1.807, 2.05) is 6.20 Å². The highest BCUT2D eigenvalue weighted by Crippen LogP contribution is 2.23. The third-order valence-corrected chi connectivity index (χ3v) is 4.53. The van der Waals surface area contributed by atoms with Crippen LogP contribution in [0.25, 0.3) is 15.9 Å². The Balaban J connectivity index is 1.77. The first kappa shape index (κ1) is 12.6. The number of nitrogens with two attached hydrogens (primary N) is 1. The third kappa shape index (κ3) is 2.14. The SMILES string of the molecule is NCCc1cn(Cc2cn3ccsc3n2)c2ccccc12. The number of imidazole rings is 1. The lowest BCUT2D eigenvalue weighted by atomic mass is 10.1. The first-order valence-electron chi connectivity index (χ1n) is 7.03. The Hall–Kier alpha value is -2.11. The standard InChI is InChI=1S/C16H16N4S/c17-6-5-12-9-20(15-4-2-1-3-14(12)15)11-13-10-19-7-8-21-16(19)18-13/h1-4,7-10H,5-6,11,17H2. The summed E-state index contributed by atoms with van der Waals surface area (Å²) in [6, 6.07) is 8.49. The van der Waals surface area contributed by atoms with Crippen molar-refractivity contribution in [1.82, 2.24) is 14.0 Å². The molecule has 106 valence electrons. The van der Waals surface area contributed by atoms with Crippen LogP contribution in [0.1, 0.15) is 11.3 Å². The number of hydrogen-bond acceptors (Lipinski definition) is 3. The molecule has 3 aromatic heterocycles. The highest BCUT2D eigenvalue weighted by molar-refractivity contribution is 7.15. The fourth-order valence-corrected chi connectivity index (χ4v) is 3.55. The van der Waals surface area contributed by atoms with E-state index in [-0.39, 0.29) is 0 Å². The summed E-state index contributed by atoms with van der Waals surface area (Å²) in [4.78, 5) is 5.71. The molecule has 2 N–H and O–H groups in total. The Morgan fingerprint density at radius 3 is 2.95 bits per heavy atom. The Morgan fingerprint density at radius 2 is 2.10 bits per heavy atom. The molecule has 0 atom stereocenters. The van der Waals surface area contributed by atoms with Crippen LogP contribution in [0.4, 0.5) is 0 Å². The van der Waals surface area contributed by atoms with Gasteiger partial charge in [0.1, 0.15) is 0 Å². The van der Waals surface area contributed by atoms with Gasteiger partial charge < -0.3 is 10.3 Å². The molecule has 0 aliphatic rings. The summed E-state index contributed by atoms with van der Waals surface area (Å²) >= 11 is 1.66. The lowest BCUT2D eigenvalue weighted by Crippen LogP contribution is -2.02. The maximum atomic E-state index is 5.73. The van der Waals surface area contributed by atoms with Crippen LogP contribution in [0.3, 0.4) is 0 Å². The molecule has 1 aromatic carbocycles. The van der Waals surface area contributed by atoms with Gasteiger partial charge in [-0.2, -0.15) is 0 Å². The van der Waals surface area contributed by atoms with Gasteiger partial charge in [-0.25, -0.2) is 4.98 Å². The second kappa shape index (κ2) is 5.02. The van der Waals surface area contributed by atoms with Gasteiger partial charge in [-0.15, -0.1) is 11.3 Å². The summed E-state index contributed by atoms with van der Waals surface area (Å²) < 4.78 is 4.35. The number of rotatable bonds is 4. The molecule has 21 heavy (non-hydrogen) atoms. The lowest BCUT2D eigenvalue weighted by molar-refractivity contribution is 0.807. The van der Waals surface area contributed by atoms with Crippen molar-refractivity contribution in [1.29, 1.82) is 0 Å². The number of nitrogens with zero attached hydrogens (tertiary/aromatic N) is 3. The molecule has 0 aliphatic carbocycles. The first-order valence-corrected chi connectivity index (χ1v) is 7.91. The van der Waals surface area contributed by atoms with E-state index in [0.29, 0.717) is 6.54 Å². The van der Waals surface area contributed by atoms with E-state index in [9.17, 15) is 0 Å². The molecular formula is C16H16N4S. The maximum absolute atomic E-state index is 5.73. The molecule has 4 nitrogen and oxygen atoms in total. The highest BCUT2D eigenvalue weighted by atomic mass is 32.1. The van der Waals surface area contributed by atoms with Crippen LogP contribution >= 0.6 is 11.3 Å². The van der Waals surface area contributed by atoms with Gasteiger partial charge in [-0.1, -0.05) is 18.2 Å². The second-order valence-corrected chi connectivity index (χ2v) is 6.04. The van der Waals surface area contributed by atoms with Gasteiger partial charge in [-0.05, 0) is 24.6 Å². The van der Waals surface area contributed by atoms with E-state index >= 15 is 0 Å². The Bertz CT molecular complexity index is 871. The number of para-hydroxylation sites is 1. The molecule has 0 saturated heterocycles. The van der Waals surface area contributed by atoms with Crippen molar-refractivity contribution in [3.63, 3.8) is 0 Å². The molecule has 0 fully saturated rings. The fraction of sp³-hybridized carbons (Fsp3) is 0.188. The largest absolute Gasteiger partial charge is 0.341 e. The van der Waals surface area contributed by atoms with Crippen molar-refractivity contribution < 1.29 is 0 Å². The van der Waals surface area contributed by atoms with Crippen molar-refractivity contribution in [2.75, 3.05) is 6.54 Å². The van der Waals surface area contributed by atoms with E-state index in [4.69, 9.17) is 5.73 Å². The average Bonchev–Trinajstić information content (AvgIpc) is 3.15. The predicted octanol–water partition coefficient (Wildman–Crippen LogP) is 2.90. The predicted molar refractivity (Wildman–Crippen MR) is 86.9 cm³/mol. The molecule has 5 heteroatoms. The first-order chi connectivity index (χ1) is 10.3. The van der Waals surface area contributed by atoms with Gasteiger partial charge in [0.05, 0.1) is 12.2 Å². The van der Waals surface area contributed by atoms with Gasteiger partial charge in [0.25, 0.3) is 0 Å². The topological polar surface area (TPSA) is 48.2 Å². The van der Waals surface area contributed by atoms with Crippen molar-refractivity contribution in [3.05, 3.63) is 59.5 Å². The second-order valence-electron chi connectivity index (χ2n) is 5.16. The normalized spacial score (nSPS) is 11.7. The molecule has 0 spiro atoms. The zero-order chi connectivity index (χ0) is 14.2. The highest BCUT2D eigenvalue weighted by Gasteiger charge is 2.09. The van der Waals surface area contributed by atoms with Crippen LogP contribution in [0.5, 0.6) is 0 Å². The number of aromatic nitrogens is 3. The average molecular weight is 296 g/mol. The van der Waals surface area contributed by atoms with Crippen molar-refractivity contribution in [3.8, 4) is 0 Å².